The number of pyridine rings is 2. The van der Waals surface area contributed by atoms with E-state index in [0.717, 1.165) is 27.5 Å². The topological polar surface area (TPSA) is 165 Å². The Morgan fingerprint density at radius 3 is 1.98 bits per heavy atom. The second-order valence-electron chi connectivity index (χ2n) is 10.7. The molecule has 2 aromatic carbocycles. The second kappa shape index (κ2) is 18.5. The third-order valence-corrected chi connectivity index (χ3v) is 7.47. The zero-order chi connectivity index (χ0) is 35.1. The number of ether oxygens (including phenoxy) is 8. The lowest BCUT2D eigenvalue weighted by Crippen LogP contribution is -2.15. The Hall–Kier alpha value is -5.28. The van der Waals surface area contributed by atoms with Gasteiger partial charge in [0.1, 0.15) is 24.8 Å². The van der Waals surface area contributed by atoms with Crippen molar-refractivity contribution in [3.8, 4) is 17.4 Å². The number of nitrogens with zero attached hydrogens (tertiary/aromatic N) is 3. The number of rotatable bonds is 20. The van der Waals surface area contributed by atoms with E-state index >= 15 is 0 Å². The minimum atomic E-state index is -0.662. The molecule has 0 fully saturated rings. The van der Waals surface area contributed by atoms with Crippen LogP contribution in [0.1, 0.15) is 20.7 Å². The van der Waals surface area contributed by atoms with Gasteiger partial charge in [0.2, 0.25) is 5.88 Å². The normalized spacial score (nSPS) is 11.2. The summed E-state index contributed by atoms with van der Waals surface area (Å²) < 4.78 is 44.9. The first-order valence-electron chi connectivity index (χ1n) is 16.0. The zero-order valence-corrected chi connectivity index (χ0v) is 28.0. The average molecular weight is 689 g/mol. The molecule has 3 aromatic heterocycles. The van der Waals surface area contributed by atoms with Gasteiger partial charge in [-0.2, -0.15) is 0 Å². The molecule has 0 unspecified atom stereocenters. The van der Waals surface area contributed by atoms with Gasteiger partial charge in [0.15, 0.2) is 0 Å². The van der Waals surface area contributed by atoms with Gasteiger partial charge in [-0.05, 0) is 36.4 Å². The van der Waals surface area contributed by atoms with Gasteiger partial charge in [-0.25, -0.2) is 19.6 Å². The summed E-state index contributed by atoms with van der Waals surface area (Å²) in [7, 11) is 2.47. The van der Waals surface area contributed by atoms with Crippen LogP contribution in [0.3, 0.4) is 0 Å². The fourth-order valence-electron chi connectivity index (χ4n) is 4.97. The number of hydrogen-bond donors (Lipinski definition) is 1. The Balaban J connectivity index is 0.876. The summed E-state index contributed by atoms with van der Waals surface area (Å²) >= 11 is 0. The standard InChI is InChI=1S/C36H40N4O10/c1-43-35(41)28-7-6-27(21-30(28)36(42)44-2)49-18-16-47-14-12-45-10-11-46-13-15-48-17-19-50-34-20-25-8-9-40(32(25)24-39-34)33-22-29-26(23-38-33)4-3-5-31(29)37/h3-9,20-24H,10-19,37H2,1-2H3. The molecule has 264 valence electrons. The molecule has 5 rings (SSSR count). The van der Waals surface area contributed by atoms with Crippen LogP contribution in [0.5, 0.6) is 11.6 Å². The molecule has 5 aromatic rings. The quantitative estimate of drug-likeness (QED) is 0.0702. The SMILES string of the molecule is COC(=O)c1ccc(OCCOCCOCCOCCOCCOc2cc3ccn(-c4cc5c(N)cccc5cn4)c3cn2)cc1C(=O)OC. The van der Waals surface area contributed by atoms with E-state index in [1.165, 1.54) is 26.4 Å². The molecular formula is C36H40N4O10. The van der Waals surface area contributed by atoms with Gasteiger partial charge in [0, 0.05) is 40.3 Å². The van der Waals surface area contributed by atoms with Crippen LogP contribution in [0.2, 0.25) is 0 Å². The summed E-state index contributed by atoms with van der Waals surface area (Å²) in [4.78, 5) is 32.9. The lowest BCUT2D eigenvalue weighted by molar-refractivity contribution is -0.00709. The van der Waals surface area contributed by atoms with Gasteiger partial charge in [0.05, 0.1) is 89.9 Å². The summed E-state index contributed by atoms with van der Waals surface area (Å²) in [6, 6.07) is 16.1. The summed E-state index contributed by atoms with van der Waals surface area (Å²) in [5, 5.41) is 2.92. The molecule has 14 nitrogen and oxygen atoms in total. The average Bonchev–Trinajstić information content (AvgIpc) is 3.57. The first-order valence-corrected chi connectivity index (χ1v) is 16.0. The molecule has 3 heterocycles. The highest BCUT2D eigenvalue weighted by atomic mass is 16.6. The van der Waals surface area contributed by atoms with Gasteiger partial charge in [-0.1, -0.05) is 12.1 Å². The first kappa shape index (κ1) is 36.0. The Morgan fingerprint density at radius 1 is 0.660 bits per heavy atom. The molecule has 0 radical (unpaired) electrons. The number of esters is 2. The molecule has 14 heteroatoms. The molecule has 2 N–H and O–H groups in total. The van der Waals surface area contributed by atoms with E-state index in [0.29, 0.717) is 76.8 Å². The summed E-state index contributed by atoms with van der Waals surface area (Å²) in [5.74, 6) is 0.373. The number of carbonyl (C=O) groups is 2. The van der Waals surface area contributed by atoms with Crippen LogP contribution in [-0.2, 0) is 28.4 Å². The Kier molecular flexibility index (Phi) is 13.3. The van der Waals surface area contributed by atoms with Crippen LogP contribution >= 0.6 is 0 Å². The number of benzene rings is 2. The van der Waals surface area contributed by atoms with Gasteiger partial charge >= 0.3 is 11.9 Å². The van der Waals surface area contributed by atoms with Crippen LogP contribution in [0.15, 0.2) is 73.2 Å². The number of carbonyl (C=O) groups excluding carboxylic acids is 2. The molecule has 0 atom stereocenters. The smallest absolute Gasteiger partial charge is 0.338 e. The highest BCUT2D eigenvalue weighted by Gasteiger charge is 2.19. The van der Waals surface area contributed by atoms with Crippen molar-refractivity contribution in [2.75, 3.05) is 86.0 Å². The molecule has 0 saturated heterocycles. The third-order valence-electron chi connectivity index (χ3n) is 7.47. The molecule has 0 aliphatic carbocycles. The number of nitrogens with two attached hydrogens (primary N) is 1. The van der Waals surface area contributed by atoms with Crippen molar-refractivity contribution in [2.45, 2.75) is 0 Å². The molecule has 0 spiro atoms. The first-order chi connectivity index (χ1) is 24.5. The van der Waals surface area contributed by atoms with E-state index in [4.69, 9.17) is 43.6 Å². The van der Waals surface area contributed by atoms with Gasteiger partial charge in [0.25, 0.3) is 0 Å². The highest BCUT2D eigenvalue weighted by Crippen LogP contribution is 2.26. The summed E-state index contributed by atoms with van der Waals surface area (Å²) in [6.07, 6.45) is 5.54. The monoisotopic (exact) mass is 688 g/mol. The van der Waals surface area contributed by atoms with Crippen molar-refractivity contribution in [3.63, 3.8) is 0 Å². The van der Waals surface area contributed by atoms with E-state index in [1.54, 1.807) is 12.3 Å². The molecule has 0 bridgehead atoms. The van der Waals surface area contributed by atoms with Crippen LogP contribution in [0.4, 0.5) is 5.69 Å². The van der Waals surface area contributed by atoms with E-state index in [-0.39, 0.29) is 17.7 Å². The lowest BCUT2D eigenvalue weighted by atomic mass is 10.1. The van der Waals surface area contributed by atoms with Crippen molar-refractivity contribution >= 4 is 39.3 Å². The van der Waals surface area contributed by atoms with Crippen LogP contribution in [-0.4, -0.2) is 107 Å². The maximum atomic E-state index is 12.0. The minimum absolute atomic E-state index is 0.0617. The summed E-state index contributed by atoms with van der Waals surface area (Å²) in [6.45, 7) is 3.80. The van der Waals surface area contributed by atoms with E-state index in [2.05, 4.69) is 9.97 Å². The van der Waals surface area contributed by atoms with Crippen LogP contribution in [0.25, 0.3) is 27.5 Å². The maximum Gasteiger partial charge on any atom is 0.338 e. The predicted octanol–water partition coefficient (Wildman–Crippen LogP) is 4.25. The van der Waals surface area contributed by atoms with Crippen molar-refractivity contribution < 1.29 is 47.5 Å². The van der Waals surface area contributed by atoms with Gasteiger partial charge in [-0.3, -0.25) is 4.57 Å². The van der Waals surface area contributed by atoms with Gasteiger partial charge in [-0.15, -0.1) is 0 Å². The number of nitrogen functional groups attached to an aromatic ring is 1. The van der Waals surface area contributed by atoms with E-state index in [9.17, 15) is 9.59 Å². The number of hydrogen-bond acceptors (Lipinski definition) is 13. The molecule has 0 saturated carbocycles. The predicted molar refractivity (Wildman–Crippen MR) is 184 cm³/mol. The van der Waals surface area contributed by atoms with E-state index < -0.39 is 11.9 Å². The fourth-order valence-corrected chi connectivity index (χ4v) is 4.97. The molecule has 50 heavy (non-hydrogen) atoms. The zero-order valence-electron chi connectivity index (χ0n) is 28.0. The molecule has 0 aliphatic rings. The van der Waals surface area contributed by atoms with Crippen LogP contribution in [0, 0.1) is 0 Å². The number of fused-ring (bicyclic) bond motifs is 2. The molecule has 0 aliphatic heterocycles. The van der Waals surface area contributed by atoms with Crippen LogP contribution < -0.4 is 15.2 Å². The third kappa shape index (κ3) is 9.66. The lowest BCUT2D eigenvalue weighted by Gasteiger charge is -2.11. The largest absolute Gasteiger partial charge is 0.491 e. The van der Waals surface area contributed by atoms with Crippen molar-refractivity contribution in [1.82, 2.24) is 14.5 Å². The number of anilines is 1. The minimum Gasteiger partial charge on any atom is -0.491 e. The highest BCUT2D eigenvalue weighted by molar-refractivity contribution is 6.03. The Labute approximate surface area is 288 Å². The Bertz CT molecular complexity index is 1880. The van der Waals surface area contributed by atoms with Gasteiger partial charge < -0.3 is 43.6 Å². The van der Waals surface area contributed by atoms with Crippen molar-refractivity contribution in [1.29, 1.82) is 0 Å². The number of methoxy groups -OCH3 is 2. The summed E-state index contributed by atoms with van der Waals surface area (Å²) in [5.41, 5.74) is 7.94. The molecular weight excluding hydrogens is 648 g/mol. The van der Waals surface area contributed by atoms with E-state index in [1.807, 2.05) is 53.4 Å². The Morgan fingerprint density at radius 2 is 1.30 bits per heavy atom. The molecule has 0 amide bonds. The van der Waals surface area contributed by atoms with Crippen molar-refractivity contribution in [2.24, 2.45) is 0 Å². The van der Waals surface area contributed by atoms with Crippen molar-refractivity contribution in [3.05, 3.63) is 84.3 Å². The second-order valence-corrected chi connectivity index (χ2v) is 10.7. The fraction of sp³-hybridized carbons (Fsp3) is 0.333. The number of aromatic nitrogens is 3. The maximum absolute atomic E-state index is 12.0.